The summed E-state index contributed by atoms with van der Waals surface area (Å²) in [7, 11) is 0. The highest BCUT2D eigenvalue weighted by atomic mass is 35.5. The van der Waals surface area contributed by atoms with Crippen molar-refractivity contribution in [3.8, 4) is 0 Å². The first-order valence-electron chi connectivity index (χ1n) is 5.63. The molecule has 1 atom stereocenters. The first kappa shape index (κ1) is 11.9. The van der Waals surface area contributed by atoms with Gasteiger partial charge in [-0.2, -0.15) is 11.3 Å². The Morgan fingerprint density at radius 3 is 3.00 bits per heavy atom. The molecule has 1 saturated heterocycles. The van der Waals surface area contributed by atoms with Crippen LogP contribution in [0.3, 0.4) is 0 Å². The molecule has 0 spiro atoms. The van der Waals surface area contributed by atoms with Crippen LogP contribution in [-0.2, 0) is 0 Å². The summed E-state index contributed by atoms with van der Waals surface area (Å²) in [4.78, 5) is 14.3. The number of carbonyl (C=O) groups excluding carboxylic acids is 1. The second-order valence-corrected chi connectivity index (χ2v) is 5.32. The van der Waals surface area contributed by atoms with Gasteiger partial charge in [-0.15, -0.1) is 11.6 Å². The number of halogens is 1. The zero-order chi connectivity index (χ0) is 11.5. The number of likely N-dealkylation sites (tertiary alicyclic amines) is 1. The van der Waals surface area contributed by atoms with Gasteiger partial charge < -0.3 is 4.90 Å². The SMILES string of the molecule is Cc1cscc1C(=O)N1CCCCC1CCl. The molecule has 0 aromatic carbocycles. The van der Waals surface area contributed by atoms with Gasteiger partial charge in [-0.25, -0.2) is 0 Å². The molecule has 2 rings (SSSR count). The number of thiophene rings is 1. The fourth-order valence-corrected chi connectivity index (χ4v) is 3.31. The molecule has 1 aliphatic heterocycles. The summed E-state index contributed by atoms with van der Waals surface area (Å²) in [6, 6.07) is 0.224. The van der Waals surface area contributed by atoms with E-state index in [4.69, 9.17) is 11.6 Å². The molecule has 4 heteroatoms. The van der Waals surface area contributed by atoms with Crippen molar-refractivity contribution >= 4 is 28.8 Å². The number of nitrogens with zero attached hydrogens (tertiary/aromatic N) is 1. The smallest absolute Gasteiger partial charge is 0.255 e. The van der Waals surface area contributed by atoms with Crippen molar-refractivity contribution in [2.24, 2.45) is 0 Å². The van der Waals surface area contributed by atoms with Crippen molar-refractivity contribution in [3.63, 3.8) is 0 Å². The van der Waals surface area contributed by atoms with E-state index in [1.54, 1.807) is 11.3 Å². The second kappa shape index (κ2) is 5.19. The summed E-state index contributed by atoms with van der Waals surface area (Å²) >= 11 is 7.52. The van der Waals surface area contributed by atoms with Gasteiger partial charge in [0.05, 0.1) is 5.56 Å². The predicted octanol–water partition coefficient (Wildman–Crippen LogP) is 3.29. The van der Waals surface area contributed by atoms with Crippen LogP contribution in [0, 0.1) is 6.92 Å². The van der Waals surface area contributed by atoms with Crippen LogP contribution in [0.5, 0.6) is 0 Å². The number of carbonyl (C=O) groups is 1. The zero-order valence-electron chi connectivity index (χ0n) is 9.41. The maximum Gasteiger partial charge on any atom is 0.255 e. The molecular formula is C12H16ClNOS. The van der Waals surface area contributed by atoms with E-state index in [0.29, 0.717) is 5.88 Å². The van der Waals surface area contributed by atoms with Gasteiger partial charge in [-0.3, -0.25) is 4.79 Å². The number of alkyl halides is 1. The van der Waals surface area contributed by atoms with Crippen LogP contribution in [0.1, 0.15) is 35.2 Å². The molecule has 0 aliphatic carbocycles. The van der Waals surface area contributed by atoms with Gasteiger partial charge in [-0.05, 0) is 37.1 Å². The van der Waals surface area contributed by atoms with Crippen LogP contribution in [0.2, 0.25) is 0 Å². The normalized spacial score (nSPS) is 21.1. The number of aryl methyl sites for hydroxylation is 1. The fourth-order valence-electron chi connectivity index (χ4n) is 2.16. The first-order valence-corrected chi connectivity index (χ1v) is 7.11. The Morgan fingerprint density at radius 2 is 2.38 bits per heavy atom. The lowest BCUT2D eigenvalue weighted by molar-refractivity contribution is 0.0639. The lowest BCUT2D eigenvalue weighted by Crippen LogP contribution is -2.44. The minimum atomic E-state index is 0.157. The summed E-state index contributed by atoms with van der Waals surface area (Å²) in [6.45, 7) is 2.84. The number of amides is 1. The molecule has 2 nitrogen and oxygen atoms in total. The van der Waals surface area contributed by atoms with Crippen molar-refractivity contribution in [3.05, 3.63) is 21.9 Å². The van der Waals surface area contributed by atoms with E-state index in [2.05, 4.69) is 0 Å². The monoisotopic (exact) mass is 257 g/mol. The quantitative estimate of drug-likeness (QED) is 0.745. The molecule has 2 heterocycles. The van der Waals surface area contributed by atoms with Gasteiger partial charge in [-0.1, -0.05) is 0 Å². The predicted molar refractivity (Wildman–Crippen MR) is 68.5 cm³/mol. The Balaban J connectivity index is 2.17. The zero-order valence-corrected chi connectivity index (χ0v) is 11.0. The molecule has 1 aliphatic rings. The van der Waals surface area contributed by atoms with Crippen molar-refractivity contribution in [2.75, 3.05) is 12.4 Å². The molecule has 0 N–H and O–H groups in total. The van der Waals surface area contributed by atoms with E-state index in [0.717, 1.165) is 30.5 Å². The summed E-state index contributed by atoms with van der Waals surface area (Å²) < 4.78 is 0. The summed E-state index contributed by atoms with van der Waals surface area (Å²) in [6.07, 6.45) is 3.32. The van der Waals surface area contributed by atoms with Crippen LogP contribution in [0.25, 0.3) is 0 Å². The third-order valence-electron chi connectivity index (χ3n) is 3.15. The van der Waals surface area contributed by atoms with Crippen LogP contribution < -0.4 is 0 Å². The Bertz CT molecular complexity index is 377. The molecule has 1 unspecified atom stereocenters. The topological polar surface area (TPSA) is 20.3 Å². The third-order valence-corrected chi connectivity index (χ3v) is 4.37. The minimum absolute atomic E-state index is 0.157. The highest BCUT2D eigenvalue weighted by Gasteiger charge is 2.27. The maximum atomic E-state index is 12.3. The van der Waals surface area contributed by atoms with Gasteiger partial charge in [0.1, 0.15) is 0 Å². The standard InChI is InChI=1S/C12H16ClNOS/c1-9-7-16-8-11(9)12(15)14-5-3-2-4-10(14)6-13/h7-8,10H,2-6H2,1H3. The Morgan fingerprint density at radius 1 is 1.56 bits per heavy atom. The number of rotatable bonds is 2. The van der Waals surface area contributed by atoms with E-state index in [1.807, 2.05) is 22.6 Å². The van der Waals surface area contributed by atoms with Gasteiger partial charge in [0.15, 0.2) is 0 Å². The highest BCUT2D eigenvalue weighted by molar-refractivity contribution is 7.08. The second-order valence-electron chi connectivity index (χ2n) is 4.27. The Hall–Kier alpha value is -0.540. The highest BCUT2D eigenvalue weighted by Crippen LogP contribution is 2.23. The van der Waals surface area contributed by atoms with Crippen molar-refractivity contribution < 1.29 is 4.79 Å². The molecule has 1 aromatic rings. The summed E-state index contributed by atoms with van der Waals surface area (Å²) in [5, 5.41) is 3.96. The summed E-state index contributed by atoms with van der Waals surface area (Å²) in [5.74, 6) is 0.707. The van der Waals surface area contributed by atoms with E-state index in [1.165, 1.54) is 6.42 Å². The number of piperidine rings is 1. The van der Waals surface area contributed by atoms with Crippen LogP contribution >= 0.6 is 22.9 Å². The van der Waals surface area contributed by atoms with Crippen LogP contribution in [0.15, 0.2) is 10.8 Å². The van der Waals surface area contributed by atoms with Crippen molar-refractivity contribution in [1.82, 2.24) is 4.90 Å². The van der Waals surface area contributed by atoms with Crippen molar-refractivity contribution in [2.45, 2.75) is 32.2 Å². The summed E-state index contributed by atoms with van der Waals surface area (Å²) in [5.41, 5.74) is 1.93. The Labute approximate surface area is 105 Å². The molecule has 88 valence electrons. The van der Waals surface area contributed by atoms with Crippen LogP contribution in [0.4, 0.5) is 0 Å². The van der Waals surface area contributed by atoms with Crippen molar-refractivity contribution in [1.29, 1.82) is 0 Å². The van der Waals surface area contributed by atoms with E-state index >= 15 is 0 Å². The molecule has 1 fully saturated rings. The molecule has 16 heavy (non-hydrogen) atoms. The molecule has 0 radical (unpaired) electrons. The average Bonchev–Trinajstić information content (AvgIpc) is 2.74. The molecular weight excluding hydrogens is 242 g/mol. The van der Waals surface area contributed by atoms with E-state index in [9.17, 15) is 4.79 Å². The largest absolute Gasteiger partial charge is 0.334 e. The van der Waals surface area contributed by atoms with Gasteiger partial charge in [0.2, 0.25) is 0 Å². The number of hydrogen-bond donors (Lipinski definition) is 0. The molecule has 0 bridgehead atoms. The molecule has 1 aromatic heterocycles. The van der Waals surface area contributed by atoms with Gasteiger partial charge >= 0.3 is 0 Å². The maximum absolute atomic E-state index is 12.3. The minimum Gasteiger partial charge on any atom is -0.334 e. The lowest BCUT2D eigenvalue weighted by atomic mass is 10.0. The molecule has 1 amide bonds. The third kappa shape index (κ3) is 2.25. The van der Waals surface area contributed by atoms with Gasteiger partial charge in [0.25, 0.3) is 5.91 Å². The fraction of sp³-hybridized carbons (Fsp3) is 0.583. The van der Waals surface area contributed by atoms with E-state index < -0.39 is 0 Å². The lowest BCUT2D eigenvalue weighted by Gasteiger charge is -2.34. The molecule has 0 saturated carbocycles. The van der Waals surface area contributed by atoms with Gasteiger partial charge in [0, 0.05) is 23.8 Å². The van der Waals surface area contributed by atoms with Crippen LogP contribution in [-0.4, -0.2) is 29.3 Å². The Kier molecular flexibility index (Phi) is 3.87. The number of hydrogen-bond acceptors (Lipinski definition) is 2. The average molecular weight is 258 g/mol. The first-order chi connectivity index (χ1) is 7.74. The van der Waals surface area contributed by atoms with E-state index in [-0.39, 0.29) is 11.9 Å².